The zero-order valence-corrected chi connectivity index (χ0v) is 11.7. The van der Waals surface area contributed by atoms with Crippen LogP contribution >= 0.6 is 0 Å². The molecule has 1 aliphatic heterocycles. The molecule has 4 heteroatoms. The highest BCUT2D eigenvalue weighted by molar-refractivity contribution is 5.81. The molecule has 0 radical (unpaired) electrons. The van der Waals surface area contributed by atoms with Crippen LogP contribution in [0.2, 0.25) is 0 Å². The lowest BCUT2D eigenvalue weighted by Crippen LogP contribution is -2.34. The number of amides is 1. The highest BCUT2D eigenvalue weighted by Crippen LogP contribution is 2.19. The number of benzene rings is 1. The molecule has 4 nitrogen and oxygen atoms in total. The topological polar surface area (TPSA) is 64.4 Å². The van der Waals surface area contributed by atoms with Crippen molar-refractivity contribution >= 4 is 5.91 Å². The van der Waals surface area contributed by atoms with E-state index in [2.05, 4.69) is 17.2 Å². The first-order valence-corrected chi connectivity index (χ1v) is 6.90. The predicted molar refractivity (Wildman–Crippen MR) is 77.8 cm³/mol. The Hall–Kier alpha value is -1.83. The summed E-state index contributed by atoms with van der Waals surface area (Å²) in [4.78, 5) is 11.9. The Morgan fingerprint density at radius 3 is 2.75 bits per heavy atom. The van der Waals surface area contributed by atoms with Crippen LogP contribution in [-0.2, 0) is 16.1 Å². The SMILES string of the molecule is CC1CCC(C(=O)NCc2ccc(C#CCN)cc2)O1. The minimum absolute atomic E-state index is 0.0265. The molecule has 2 atom stereocenters. The van der Waals surface area contributed by atoms with E-state index in [0.29, 0.717) is 13.1 Å². The molecule has 20 heavy (non-hydrogen) atoms. The van der Waals surface area contributed by atoms with Crippen molar-refractivity contribution in [1.29, 1.82) is 0 Å². The number of carbonyl (C=O) groups is 1. The van der Waals surface area contributed by atoms with E-state index in [0.717, 1.165) is 24.0 Å². The zero-order chi connectivity index (χ0) is 14.4. The molecule has 1 aliphatic rings. The third kappa shape index (κ3) is 4.09. The molecular formula is C16H20N2O2. The van der Waals surface area contributed by atoms with Crippen LogP contribution in [0.15, 0.2) is 24.3 Å². The van der Waals surface area contributed by atoms with E-state index in [-0.39, 0.29) is 18.1 Å². The van der Waals surface area contributed by atoms with Gasteiger partial charge in [-0.05, 0) is 37.5 Å². The third-order valence-electron chi connectivity index (χ3n) is 3.28. The van der Waals surface area contributed by atoms with Crippen molar-refractivity contribution in [3.63, 3.8) is 0 Å². The molecule has 2 unspecified atom stereocenters. The molecule has 2 rings (SSSR count). The molecule has 0 spiro atoms. The molecule has 0 saturated carbocycles. The second-order valence-corrected chi connectivity index (χ2v) is 4.93. The van der Waals surface area contributed by atoms with Gasteiger partial charge in [-0.1, -0.05) is 24.0 Å². The molecule has 106 valence electrons. The van der Waals surface area contributed by atoms with E-state index in [4.69, 9.17) is 10.5 Å². The van der Waals surface area contributed by atoms with Crippen LogP contribution in [0.25, 0.3) is 0 Å². The lowest BCUT2D eigenvalue weighted by Gasteiger charge is -2.11. The van der Waals surface area contributed by atoms with Crippen molar-refractivity contribution < 1.29 is 9.53 Å². The van der Waals surface area contributed by atoms with Crippen molar-refractivity contribution in [3.05, 3.63) is 35.4 Å². The summed E-state index contributed by atoms with van der Waals surface area (Å²) in [6.45, 7) is 2.86. The summed E-state index contributed by atoms with van der Waals surface area (Å²) in [6, 6.07) is 7.77. The fourth-order valence-corrected chi connectivity index (χ4v) is 2.16. The summed E-state index contributed by atoms with van der Waals surface area (Å²) in [6.07, 6.45) is 1.65. The van der Waals surface area contributed by atoms with E-state index in [9.17, 15) is 4.79 Å². The van der Waals surface area contributed by atoms with Crippen LogP contribution in [0.5, 0.6) is 0 Å². The molecule has 1 aromatic carbocycles. The van der Waals surface area contributed by atoms with Crippen molar-refractivity contribution in [2.75, 3.05) is 6.54 Å². The maximum absolute atomic E-state index is 11.9. The Kier molecular flexibility index (Phi) is 5.16. The fraction of sp³-hybridized carbons (Fsp3) is 0.438. The van der Waals surface area contributed by atoms with Gasteiger partial charge in [-0.25, -0.2) is 0 Å². The number of rotatable bonds is 3. The van der Waals surface area contributed by atoms with E-state index in [1.165, 1.54) is 0 Å². The highest BCUT2D eigenvalue weighted by atomic mass is 16.5. The second kappa shape index (κ2) is 7.09. The molecule has 0 aromatic heterocycles. The van der Waals surface area contributed by atoms with Gasteiger partial charge in [-0.15, -0.1) is 0 Å². The Labute approximate surface area is 119 Å². The summed E-state index contributed by atoms with van der Waals surface area (Å²) in [5.41, 5.74) is 7.30. The minimum atomic E-state index is -0.292. The molecule has 1 aromatic rings. The number of ether oxygens (including phenoxy) is 1. The average molecular weight is 272 g/mol. The molecule has 0 bridgehead atoms. The lowest BCUT2D eigenvalue weighted by atomic mass is 10.1. The van der Waals surface area contributed by atoms with Gasteiger partial charge in [0.1, 0.15) is 6.10 Å². The summed E-state index contributed by atoms with van der Waals surface area (Å²) in [7, 11) is 0. The van der Waals surface area contributed by atoms with Crippen molar-refractivity contribution in [2.24, 2.45) is 5.73 Å². The highest BCUT2D eigenvalue weighted by Gasteiger charge is 2.27. The number of hydrogen-bond acceptors (Lipinski definition) is 3. The van der Waals surface area contributed by atoms with Gasteiger partial charge in [-0.2, -0.15) is 0 Å². The van der Waals surface area contributed by atoms with E-state index in [1.54, 1.807) is 0 Å². The number of carbonyl (C=O) groups excluding carboxylic acids is 1. The maximum atomic E-state index is 11.9. The molecular weight excluding hydrogens is 252 g/mol. The molecule has 3 N–H and O–H groups in total. The number of nitrogens with two attached hydrogens (primary N) is 1. The quantitative estimate of drug-likeness (QED) is 0.812. The first-order chi connectivity index (χ1) is 9.69. The van der Waals surface area contributed by atoms with Gasteiger partial charge in [0.15, 0.2) is 0 Å². The summed E-state index contributed by atoms with van der Waals surface area (Å²) >= 11 is 0. The van der Waals surface area contributed by atoms with Crippen LogP contribution in [0.1, 0.15) is 30.9 Å². The van der Waals surface area contributed by atoms with Crippen LogP contribution in [0.4, 0.5) is 0 Å². The van der Waals surface area contributed by atoms with Gasteiger partial charge >= 0.3 is 0 Å². The van der Waals surface area contributed by atoms with Crippen LogP contribution in [0.3, 0.4) is 0 Å². The van der Waals surface area contributed by atoms with E-state index < -0.39 is 0 Å². The normalized spacial score (nSPS) is 21.1. The molecule has 1 fully saturated rings. The zero-order valence-electron chi connectivity index (χ0n) is 11.7. The molecule has 1 heterocycles. The number of nitrogens with one attached hydrogen (secondary N) is 1. The lowest BCUT2D eigenvalue weighted by molar-refractivity contribution is -0.131. The fourth-order valence-electron chi connectivity index (χ4n) is 2.16. The Bertz CT molecular complexity index is 514. The number of hydrogen-bond donors (Lipinski definition) is 2. The first-order valence-electron chi connectivity index (χ1n) is 6.90. The molecule has 1 amide bonds. The Morgan fingerprint density at radius 1 is 1.40 bits per heavy atom. The summed E-state index contributed by atoms with van der Waals surface area (Å²) in [5.74, 6) is 5.74. The van der Waals surface area contributed by atoms with E-state index >= 15 is 0 Å². The summed E-state index contributed by atoms with van der Waals surface area (Å²) in [5, 5.41) is 2.90. The Morgan fingerprint density at radius 2 is 2.15 bits per heavy atom. The molecule has 0 aliphatic carbocycles. The monoisotopic (exact) mass is 272 g/mol. The average Bonchev–Trinajstić information content (AvgIpc) is 2.90. The van der Waals surface area contributed by atoms with Gasteiger partial charge in [0, 0.05) is 12.1 Å². The van der Waals surface area contributed by atoms with Gasteiger partial charge in [0.05, 0.1) is 12.6 Å². The van der Waals surface area contributed by atoms with Crippen molar-refractivity contribution in [3.8, 4) is 11.8 Å². The van der Waals surface area contributed by atoms with Gasteiger partial charge < -0.3 is 15.8 Å². The van der Waals surface area contributed by atoms with Gasteiger partial charge in [0.2, 0.25) is 5.91 Å². The van der Waals surface area contributed by atoms with E-state index in [1.807, 2.05) is 31.2 Å². The third-order valence-corrected chi connectivity index (χ3v) is 3.28. The minimum Gasteiger partial charge on any atom is -0.365 e. The van der Waals surface area contributed by atoms with Crippen LogP contribution < -0.4 is 11.1 Å². The van der Waals surface area contributed by atoms with Crippen molar-refractivity contribution in [2.45, 2.75) is 38.5 Å². The predicted octanol–water partition coefficient (Wildman–Crippen LogP) is 1.18. The molecule has 1 saturated heterocycles. The largest absolute Gasteiger partial charge is 0.365 e. The van der Waals surface area contributed by atoms with Crippen LogP contribution in [-0.4, -0.2) is 24.7 Å². The summed E-state index contributed by atoms with van der Waals surface area (Å²) < 4.78 is 5.53. The first kappa shape index (κ1) is 14.6. The van der Waals surface area contributed by atoms with Gasteiger partial charge in [-0.3, -0.25) is 4.79 Å². The van der Waals surface area contributed by atoms with Crippen LogP contribution in [0, 0.1) is 11.8 Å². The maximum Gasteiger partial charge on any atom is 0.249 e. The second-order valence-electron chi connectivity index (χ2n) is 4.93. The smallest absolute Gasteiger partial charge is 0.249 e. The Balaban J connectivity index is 1.83. The standard InChI is InChI=1S/C16H20N2O2/c1-12-4-9-15(20-12)16(19)18-11-14-7-5-13(6-8-14)3-2-10-17/h5-8,12,15H,4,9-11,17H2,1H3,(H,18,19). The van der Waals surface area contributed by atoms with Gasteiger partial charge in [0.25, 0.3) is 0 Å². The van der Waals surface area contributed by atoms with Crippen molar-refractivity contribution in [1.82, 2.24) is 5.32 Å².